The maximum absolute atomic E-state index is 13.0. The summed E-state index contributed by atoms with van der Waals surface area (Å²) in [4.78, 5) is 30.5. The van der Waals surface area contributed by atoms with Gasteiger partial charge in [0.15, 0.2) is 4.96 Å². The molecule has 1 saturated heterocycles. The normalized spacial score (nSPS) is 13.3. The zero-order valence-electron chi connectivity index (χ0n) is 23.5. The van der Waals surface area contributed by atoms with Gasteiger partial charge in [-0.3, -0.25) is 9.20 Å². The van der Waals surface area contributed by atoms with Crippen LogP contribution in [0.3, 0.4) is 0 Å². The fourth-order valence-electron chi connectivity index (χ4n) is 5.26. The molecule has 0 unspecified atom stereocenters. The van der Waals surface area contributed by atoms with Crippen molar-refractivity contribution in [2.75, 3.05) is 41.8 Å². The molecule has 1 aliphatic rings. The number of anilines is 4. The number of nitrogens with zero attached hydrogens (tertiary/aromatic N) is 5. The highest BCUT2D eigenvalue weighted by atomic mass is 32.1. The Balaban J connectivity index is 1.17. The molecule has 43 heavy (non-hydrogen) atoms. The van der Waals surface area contributed by atoms with E-state index in [4.69, 9.17) is 14.7 Å². The van der Waals surface area contributed by atoms with Crippen LogP contribution in [0.5, 0.6) is 0 Å². The van der Waals surface area contributed by atoms with Crippen LogP contribution >= 0.6 is 11.3 Å². The lowest BCUT2D eigenvalue weighted by Gasteiger charge is -2.28. The highest BCUT2D eigenvalue weighted by Gasteiger charge is 2.19. The summed E-state index contributed by atoms with van der Waals surface area (Å²) >= 11 is 1.56. The van der Waals surface area contributed by atoms with Crippen molar-refractivity contribution in [3.05, 3.63) is 108 Å². The third kappa shape index (κ3) is 5.57. The van der Waals surface area contributed by atoms with Gasteiger partial charge in [0.05, 0.1) is 24.6 Å². The van der Waals surface area contributed by atoms with Crippen LogP contribution < -0.4 is 15.5 Å². The fraction of sp³-hybridized carbons (Fsp3) is 0.152. The molecule has 3 aromatic carbocycles. The smallest absolute Gasteiger partial charge is 0.255 e. The second-order valence-corrected chi connectivity index (χ2v) is 11.1. The number of benzene rings is 3. The first-order chi connectivity index (χ1) is 21.1. The number of amides is 1. The number of carbonyl (C=O) groups excluding carboxylic acids is 1. The molecular formula is C33H29N7O2S. The van der Waals surface area contributed by atoms with Gasteiger partial charge in [-0.15, -0.1) is 11.3 Å². The summed E-state index contributed by atoms with van der Waals surface area (Å²) in [5.41, 5.74) is 7.58. The van der Waals surface area contributed by atoms with Crippen LogP contribution in [0.1, 0.15) is 15.9 Å². The van der Waals surface area contributed by atoms with Crippen molar-refractivity contribution in [3.63, 3.8) is 0 Å². The third-order valence-corrected chi connectivity index (χ3v) is 8.20. The summed E-state index contributed by atoms with van der Waals surface area (Å²) in [6, 6.07) is 25.5. The minimum absolute atomic E-state index is 0.147. The number of aryl methyl sites for hydroxylation is 1. The SMILES string of the molecule is Cc1ccccc1C(=O)Nc1cccc(-c2nc3sccn3c2-c2ccnc(Nc3ccc(N4CCOCC4)cc3)n2)c1. The molecule has 0 radical (unpaired) electrons. The molecule has 1 aliphatic heterocycles. The molecule has 214 valence electrons. The van der Waals surface area contributed by atoms with Gasteiger partial charge in [0.25, 0.3) is 5.91 Å². The van der Waals surface area contributed by atoms with Crippen LogP contribution in [0.4, 0.5) is 23.0 Å². The van der Waals surface area contributed by atoms with Gasteiger partial charge in [-0.05, 0) is 61.0 Å². The second kappa shape index (κ2) is 11.7. The largest absolute Gasteiger partial charge is 0.378 e. The number of ether oxygens (including phenoxy) is 1. The monoisotopic (exact) mass is 587 g/mol. The molecule has 0 atom stereocenters. The number of carbonyl (C=O) groups is 1. The highest BCUT2D eigenvalue weighted by Crippen LogP contribution is 2.35. The molecule has 7 rings (SSSR count). The van der Waals surface area contributed by atoms with E-state index in [0.717, 1.165) is 65.2 Å². The first-order valence-electron chi connectivity index (χ1n) is 14.1. The summed E-state index contributed by atoms with van der Waals surface area (Å²) < 4.78 is 7.52. The quantitative estimate of drug-likeness (QED) is 0.216. The molecule has 0 spiro atoms. The standard InChI is InChI=1S/C33H29N7O2S/c1-22-5-2-3-8-27(22)31(41)35-25-7-4-6-23(21-25)29-30(40-17-20-43-33(40)38-29)28-13-14-34-32(37-28)36-24-9-11-26(12-10-24)39-15-18-42-19-16-39/h2-14,17,20-21H,15-16,18-19H2,1H3,(H,35,41)(H,34,36,37). The molecular weight excluding hydrogens is 558 g/mol. The molecule has 10 heteroatoms. The summed E-state index contributed by atoms with van der Waals surface area (Å²) in [5.74, 6) is 0.345. The summed E-state index contributed by atoms with van der Waals surface area (Å²) in [6.45, 7) is 5.22. The van der Waals surface area contributed by atoms with Gasteiger partial charge < -0.3 is 20.3 Å². The van der Waals surface area contributed by atoms with Crippen molar-refractivity contribution in [2.24, 2.45) is 0 Å². The van der Waals surface area contributed by atoms with Crippen LogP contribution in [0.15, 0.2) is 96.6 Å². The van der Waals surface area contributed by atoms with Crippen molar-refractivity contribution in [1.82, 2.24) is 19.4 Å². The molecule has 1 fully saturated rings. The van der Waals surface area contributed by atoms with Crippen molar-refractivity contribution in [2.45, 2.75) is 6.92 Å². The molecule has 6 aromatic rings. The predicted molar refractivity (Wildman–Crippen MR) is 171 cm³/mol. The number of hydrogen-bond donors (Lipinski definition) is 2. The van der Waals surface area contributed by atoms with Crippen molar-refractivity contribution in [1.29, 1.82) is 0 Å². The topological polar surface area (TPSA) is 96.7 Å². The number of imidazole rings is 1. The predicted octanol–water partition coefficient (Wildman–Crippen LogP) is 6.66. The lowest BCUT2D eigenvalue weighted by atomic mass is 10.1. The molecule has 4 heterocycles. The lowest BCUT2D eigenvalue weighted by Crippen LogP contribution is -2.36. The molecule has 9 nitrogen and oxygen atoms in total. The molecule has 0 bridgehead atoms. The van der Waals surface area contributed by atoms with Gasteiger partial charge in [0.1, 0.15) is 5.69 Å². The van der Waals surface area contributed by atoms with Crippen molar-refractivity contribution in [3.8, 4) is 22.6 Å². The molecule has 0 saturated carbocycles. The Hall–Kier alpha value is -5.06. The minimum atomic E-state index is -0.147. The van der Waals surface area contributed by atoms with Crippen LogP contribution in [0, 0.1) is 6.92 Å². The molecule has 3 aromatic heterocycles. The number of hydrogen-bond acceptors (Lipinski definition) is 8. The first kappa shape index (κ1) is 26.8. The minimum Gasteiger partial charge on any atom is -0.378 e. The number of rotatable bonds is 7. The van der Waals surface area contributed by atoms with E-state index in [1.165, 1.54) is 5.69 Å². The second-order valence-electron chi connectivity index (χ2n) is 10.3. The Kier molecular flexibility index (Phi) is 7.28. The zero-order chi connectivity index (χ0) is 29.2. The number of thiazole rings is 1. The van der Waals surface area contributed by atoms with Crippen LogP contribution in [0.25, 0.3) is 27.6 Å². The van der Waals surface area contributed by atoms with Gasteiger partial charge in [-0.2, -0.15) is 0 Å². The maximum atomic E-state index is 13.0. The van der Waals surface area contributed by atoms with E-state index in [9.17, 15) is 4.79 Å². The molecule has 0 aliphatic carbocycles. The van der Waals surface area contributed by atoms with E-state index in [-0.39, 0.29) is 5.91 Å². The van der Waals surface area contributed by atoms with E-state index in [1.807, 2.05) is 89.6 Å². The van der Waals surface area contributed by atoms with Gasteiger partial charge in [-0.1, -0.05) is 30.3 Å². The average Bonchev–Trinajstić information content (AvgIpc) is 3.64. The maximum Gasteiger partial charge on any atom is 0.255 e. The third-order valence-electron chi connectivity index (χ3n) is 7.44. The van der Waals surface area contributed by atoms with Gasteiger partial charge in [0, 0.05) is 59.1 Å². The summed E-state index contributed by atoms with van der Waals surface area (Å²) in [5, 5.41) is 8.39. The molecule has 1 amide bonds. The number of nitrogens with one attached hydrogen (secondary N) is 2. The van der Waals surface area contributed by atoms with E-state index in [1.54, 1.807) is 17.5 Å². The van der Waals surface area contributed by atoms with E-state index in [0.29, 0.717) is 17.2 Å². The van der Waals surface area contributed by atoms with Crippen LogP contribution in [0.2, 0.25) is 0 Å². The Labute approximate surface area is 252 Å². The number of morpholine rings is 1. The summed E-state index contributed by atoms with van der Waals surface area (Å²) in [6.07, 6.45) is 3.75. The Bertz CT molecular complexity index is 1910. The van der Waals surface area contributed by atoms with Gasteiger partial charge in [-0.25, -0.2) is 15.0 Å². The van der Waals surface area contributed by atoms with Crippen LogP contribution in [-0.2, 0) is 4.74 Å². The molecule has 2 N–H and O–H groups in total. The fourth-order valence-corrected chi connectivity index (χ4v) is 5.97. The Morgan fingerprint density at radius 3 is 2.60 bits per heavy atom. The Morgan fingerprint density at radius 1 is 0.930 bits per heavy atom. The van der Waals surface area contributed by atoms with Gasteiger partial charge in [0.2, 0.25) is 5.95 Å². The van der Waals surface area contributed by atoms with Crippen molar-refractivity contribution >= 4 is 45.2 Å². The summed E-state index contributed by atoms with van der Waals surface area (Å²) in [7, 11) is 0. The number of aromatic nitrogens is 4. The van der Waals surface area contributed by atoms with Gasteiger partial charge >= 0.3 is 0 Å². The van der Waals surface area contributed by atoms with E-state index in [2.05, 4.69) is 32.7 Å². The lowest BCUT2D eigenvalue weighted by molar-refractivity contribution is 0.102. The first-order valence-corrected chi connectivity index (χ1v) is 15.0. The van der Waals surface area contributed by atoms with E-state index < -0.39 is 0 Å². The van der Waals surface area contributed by atoms with E-state index >= 15 is 0 Å². The average molecular weight is 588 g/mol. The zero-order valence-corrected chi connectivity index (χ0v) is 24.3. The highest BCUT2D eigenvalue weighted by molar-refractivity contribution is 7.15. The van der Waals surface area contributed by atoms with Crippen LogP contribution in [-0.4, -0.2) is 51.6 Å². The van der Waals surface area contributed by atoms with Crippen molar-refractivity contribution < 1.29 is 9.53 Å². The Morgan fingerprint density at radius 2 is 1.77 bits per heavy atom. The number of fused-ring (bicyclic) bond motifs is 1.